The van der Waals surface area contributed by atoms with E-state index in [2.05, 4.69) is 24.3 Å². The molecule has 0 fully saturated rings. The molecule has 0 saturated heterocycles. The molecular formula is C16H23N3O. The van der Waals surface area contributed by atoms with Crippen LogP contribution in [0.4, 0.5) is 0 Å². The van der Waals surface area contributed by atoms with Crippen molar-refractivity contribution in [2.24, 2.45) is 5.41 Å². The van der Waals surface area contributed by atoms with Crippen LogP contribution in [0, 0.1) is 5.41 Å². The van der Waals surface area contributed by atoms with Crippen LogP contribution in [-0.4, -0.2) is 28.0 Å². The molecule has 1 aromatic heterocycles. The van der Waals surface area contributed by atoms with Gasteiger partial charge in [0.25, 0.3) is 0 Å². The van der Waals surface area contributed by atoms with Crippen molar-refractivity contribution >= 4 is 0 Å². The van der Waals surface area contributed by atoms with E-state index in [0.29, 0.717) is 0 Å². The van der Waals surface area contributed by atoms with Gasteiger partial charge in [-0.2, -0.15) is 5.10 Å². The van der Waals surface area contributed by atoms with E-state index in [1.165, 1.54) is 0 Å². The molecule has 4 nitrogen and oxygen atoms in total. The Hall–Kier alpha value is -1.65. The molecular weight excluding hydrogens is 250 g/mol. The number of aromatic nitrogens is 2. The van der Waals surface area contributed by atoms with Crippen molar-refractivity contribution in [3.63, 3.8) is 0 Å². The number of aliphatic hydroxyl groups is 1. The van der Waals surface area contributed by atoms with Crippen molar-refractivity contribution in [1.29, 1.82) is 0 Å². The van der Waals surface area contributed by atoms with Crippen LogP contribution in [0.2, 0.25) is 0 Å². The van der Waals surface area contributed by atoms with Gasteiger partial charge in [0.1, 0.15) is 0 Å². The maximum atomic E-state index is 9.00. The first-order valence-corrected chi connectivity index (χ1v) is 7.02. The molecule has 0 atom stereocenters. The van der Waals surface area contributed by atoms with Gasteiger partial charge in [-0.1, -0.05) is 32.0 Å². The molecule has 0 saturated carbocycles. The van der Waals surface area contributed by atoms with Gasteiger partial charge in [0, 0.05) is 25.9 Å². The van der Waals surface area contributed by atoms with Crippen LogP contribution in [0.15, 0.2) is 42.6 Å². The van der Waals surface area contributed by atoms with Gasteiger partial charge in [0.2, 0.25) is 0 Å². The standard InChI is InChI=1S/C16H23N3O/c1-16(2,9-11-20)13-17-12-14-8-10-19(18-14)15-6-4-3-5-7-15/h3-8,10,17,20H,9,11-13H2,1-2H3. The van der Waals surface area contributed by atoms with Crippen molar-refractivity contribution in [1.82, 2.24) is 15.1 Å². The molecule has 2 aromatic rings. The Morgan fingerprint density at radius 1 is 1.20 bits per heavy atom. The highest BCUT2D eigenvalue weighted by Crippen LogP contribution is 2.18. The van der Waals surface area contributed by atoms with Gasteiger partial charge in [-0.3, -0.25) is 0 Å². The fraction of sp³-hybridized carbons (Fsp3) is 0.438. The Bertz CT molecular complexity index is 520. The van der Waals surface area contributed by atoms with E-state index in [1.54, 1.807) is 0 Å². The first-order valence-electron chi connectivity index (χ1n) is 7.02. The Morgan fingerprint density at radius 2 is 1.95 bits per heavy atom. The molecule has 0 amide bonds. The number of aliphatic hydroxyl groups excluding tert-OH is 1. The van der Waals surface area contributed by atoms with Crippen molar-refractivity contribution in [2.45, 2.75) is 26.8 Å². The molecule has 0 bridgehead atoms. The molecule has 2 rings (SSSR count). The first-order chi connectivity index (χ1) is 9.61. The quantitative estimate of drug-likeness (QED) is 0.814. The Kier molecular flexibility index (Phi) is 4.93. The van der Waals surface area contributed by atoms with E-state index in [-0.39, 0.29) is 12.0 Å². The Balaban J connectivity index is 1.88. The minimum atomic E-state index is 0.108. The molecule has 20 heavy (non-hydrogen) atoms. The van der Waals surface area contributed by atoms with Crippen molar-refractivity contribution < 1.29 is 5.11 Å². The predicted molar refractivity (Wildman–Crippen MR) is 80.8 cm³/mol. The summed E-state index contributed by atoms with van der Waals surface area (Å²) in [6, 6.07) is 12.1. The molecule has 4 heteroatoms. The summed E-state index contributed by atoms with van der Waals surface area (Å²) in [4.78, 5) is 0. The zero-order valence-corrected chi connectivity index (χ0v) is 12.2. The summed E-state index contributed by atoms with van der Waals surface area (Å²) in [6.07, 6.45) is 2.78. The SMILES string of the molecule is CC(C)(CCO)CNCc1ccn(-c2ccccc2)n1. The summed E-state index contributed by atoms with van der Waals surface area (Å²) in [5.74, 6) is 0. The third-order valence-electron chi connectivity index (χ3n) is 3.36. The molecule has 0 unspecified atom stereocenters. The molecule has 1 heterocycles. The number of rotatable bonds is 7. The predicted octanol–water partition coefficient (Wildman–Crippen LogP) is 2.37. The second kappa shape index (κ2) is 6.68. The lowest BCUT2D eigenvalue weighted by Gasteiger charge is -2.23. The summed E-state index contributed by atoms with van der Waals surface area (Å²) in [5, 5.41) is 17.0. The number of hydrogen-bond acceptors (Lipinski definition) is 3. The summed E-state index contributed by atoms with van der Waals surface area (Å²) in [5.41, 5.74) is 2.20. The lowest BCUT2D eigenvalue weighted by Crippen LogP contribution is -2.30. The highest BCUT2D eigenvalue weighted by Gasteiger charge is 2.16. The van der Waals surface area contributed by atoms with Crippen LogP contribution in [0.5, 0.6) is 0 Å². The van der Waals surface area contributed by atoms with E-state index in [9.17, 15) is 0 Å². The van der Waals surface area contributed by atoms with Gasteiger partial charge >= 0.3 is 0 Å². The average Bonchev–Trinajstić information content (AvgIpc) is 2.88. The van der Waals surface area contributed by atoms with E-state index in [4.69, 9.17) is 5.11 Å². The number of nitrogens with zero attached hydrogens (tertiary/aromatic N) is 2. The lowest BCUT2D eigenvalue weighted by atomic mass is 9.90. The number of para-hydroxylation sites is 1. The molecule has 0 radical (unpaired) electrons. The number of hydrogen-bond donors (Lipinski definition) is 2. The second-order valence-corrected chi connectivity index (χ2v) is 5.83. The van der Waals surface area contributed by atoms with Crippen LogP contribution >= 0.6 is 0 Å². The van der Waals surface area contributed by atoms with Gasteiger partial charge in [0.15, 0.2) is 0 Å². The van der Waals surface area contributed by atoms with Gasteiger partial charge in [0.05, 0.1) is 11.4 Å². The fourth-order valence-electron chi connectivity index (χ4n) is 2.10. The van der Waals surface area contributed by atoms with Crippen LogP contribution in [0.1, 0.15) is 26.0 Å². The number of benzene rings is 1. The zero-order chi connectivity index (χ0) is 14.4. The number of nitrogens with one attached hydrogen (secondary N) is 1. The van der Waals surface area contributed by atoms with Crippen LogP contribution < -0.4 is 5.32 Å². The minimum Gasteiger partial charge on any atom is -0.396 e. The van der Waals surface area contributed by atoms with Crippen LogP contribution in [0.25, 0.3) is 5.69 Å². The molecule has 108 valence electrons. The van der Waals surface area contributed by atoms with Gasteiger partial charge in [-0.15, -0.1) is 0 Å². The molecule has 0 aliphatic heterocycles. The van der Waals surface area contributed by atoms with Gasteiger partial charge < -0.3 is 10.4 Å². The maximum absolute atomic E-state index is 9.00. The third-order valence-corrected chi connectivity index (χ3v) is 3.36. The minimum absolute atomic E-state index is 0.108. The lowest BCUT2D eigenvalue weighted by molar-refractivity contribution is 0.207. The summed E-state index contributed by atoms with van der Waals surface area (Å²) < 4.78 is 1.88. The van der Waals surface area contributed by atoms with Gasteiger partial charge in [-0.05, 0) is 30.0 Å². The highest BCUT2D eigenvalue weighted by molar-refractivity contribution is 5.30. The third kappa shape index (κ3) is 4.18. The Labute approximate surface area is 120 Å². The van der Waals surface area contributed by atoms with Crippen molar-refractivity contribution in [3.8, 4) is 5.69 Å². The first kappa shape index (κ1) is 14.8. The van der Waals surface area contributed by atoms with Crippen LogP contribution in [0.3, 0.4) is 0 Å². The Morgan fingerprint density at radius 3 is 2.65 bits per heavy atom. The molecule has 0 aliphatic rings. The van der Waals surface area contributed by atoms with Gasteiger partial charge in [-0.25, -0.2) is 4.68 Å². The largest absolute Gasteiger partial charge is 0.396 e. The smallest absolute Gasteiger partial charge is 0.0766 e. The summed E-state index contributed by atoms with van der Waals surface area (Å²) in [7, 11) is 0. The normalized spacial score (nSPS) is 11.8. The van der Waals surface area contributed by atoms with Crippen molar-refractivity contribution in [2.75, 3.05) is 13.2 Å². The van der Waals surface area contributed by atoms with E-state index in [1.807, 2.05) is 47.3 Å². The molecule has 0 aliphatic carbocycles. The molecule has 0 spiro atoms. The summed E-state index contributed by atoms with van der Waals surface area (Å²) >= 11 is 0. The van der Waals surface area contributed by atoms with E-state index >= 15 is 0 Å². The summed E-state index contributed by atoms with van der Waals surface area (Å²) in [6.45, 7) is 6.15. The maximum Gasteiger partial charge on any atom is 0.0766 e. The topological polar surface area (TPSA) is 50.1 Å². The molecule has 2 N–H and O–H groups in total. The molecule has 1 aromatic carbocycles. The monoisotopic (exact) mass is 273 g/mol. The second-order valence-electron chi connectivity index (χ2n) is 5.83. The average molecular weight is 273 g/mol. The highest BCUT2D eigenvalue weighted by atomic mass is 16.3. The van der Waals surface area contributed by atoms with Crippen molar-refractivity contribution in [3.05, 3.63) is 48.3 Å². The van der Waals surface area contributed by atoms with E-state index in [0.717, 1.165) is 30.9 Å². The van der Waals surface area contributed by atoms with E-state index < -0.39 is 0 Å². The van der Waals surface area contributed by atoms with Crippen LogP contribution in [-0.2, 0) is 6.54 Å². The fourth-order valence-corrected chi connectivity index (χ4v) is 2.10. The zero-order valence-electron chi connectivity index (χ0n) is 12.2.